The molecule has 0 N–H and O–H groups in total. The SMILES string of the molecule is C1=NCC2=CCc3cnc(-c4cc(-c5nc(-c6ccccc6)nc(-c6ccccc6)n5)cc(-c5cc6cccnc6c6ncccc56)c4)c4ccc1c2c34. The van der Waals surface area contributed by atoms with Crippen molar-refractivity contribution in [3.05, 3.63) is 163 Å². The molecule has 0 amide bonds. The van der Waals surface area contributed by atoms with Gasteiger partial charge in [0, 0.05) is 68.8 Å². The van der Waals surface area contributed by atoms with Crippen molar-refractivity contribution in [1.29, 1.82) is 0 Å². The number of pyridine rings is 3. The third-order valence-corrected chi connectivity index (χ3v) is 10.5. The van der Waals surface area contributed by atoms with E-state index in [0.717, 1.165) is 78.3 Å². The molecular formula is C47H29N7. The minimum atomic E-state index is 0.580. The molecule has 0 spiro atoms. The van der Waals surface area contributed by atoms with Gasteiger partial charge in [-0.25, -0.2) is 15.0 Å². The summed E-state index contributed by atoms with van der Waals surface area (Å²) in [6, 6.07) is 41.6. The van der Waals surface area contributed by atoms with E-state index in [2.05, 4.69) is 59.6 Å². The van der Waals surface area contributed by atoms with E-state index in [9.17, 15) is 0 Å². The number of aliphatic imine (C=N–C) groups is 1. The zero-order valence-corrected chi connectivity index (χ0v) is 29.0. The first-order valence-electron chi connectivity index (χ1n) is 18.0. The fourth-order valence-corrected chi connectivity index (χ4v) is 7.99. The van der Waals surface area contributed by atoms with Gasteiger partial charge in [-0.2, -0.15) is 0 Å². The molecular weight excluding hydrogens is 663 g/mol. The normalized spacial score (nSPS) is 13.1. The molecule has 0 radical (unpaired) electrons. The summed E-state index contributed by atoms with van der Waals surface area (Å²) in [5, 5.41) is 4.42. The number of rotatable bonds is 5. The van der Waals surface area contributed by atoms with Gasteiger partial charge in [0.05, 0.1) is 23.3 Å². The van der Waals surface area contributed by atoms with Crippen LogP contribution in [0.1, 0.15) is 16.7 Å². The summed E-state index contributed by atoms with van der Waals surface area (Å²) in [7, 11) is 0. The average molecular weight is 692 g/mol. The molecule has 5 heterocycles. The maximum atomic E-state index is 5.20. The van der Waals surface area contributed by atoms with E-state index in [-0.39, 0.29) is 0 Å². The largest absolute Gasteiger partial charge is 0.288 e. The van der Waals surface area contributed by atoms with Crippen LogP contribution in [0.3, 0.4) is 0 Å². The third-order valence-electron chi connectivity index (χ3n) is 10.5. The molecule has 2 aliphatic rings. The van der Waals surface area contributed by atoms with Crippen LogP contribution in [-0.4, -0.2) is 42.7 Å². The van der Waals surface area contributed by atoms with Gasteiger partial charge >= 0.3 is 0 Å². The van der Waals surface area contributed by atoms with Gasteiger partial charge in [-0.1, -0.05) is 91.0 Å². The van der Waals surface area contributed by atoms with Gasteiger partial charge in [-0.3, -0.25) is 19.9 Å². The van der Waals surface area contributed by atoms with Crippen molar-refractivity contribution in [2.75, 3.05) is 6.54 Å². The Morgan fingerprint density at radius 1 is 0.519 bits per heavy atom. The van der Waals surface area contributed by atoms with Gasteiger partial charge in [0.2, 0.25) is 0 Å². The monoisotopic (exact) mass is 691 g/mol. The first-order valence-corrected chi connectivity index (χ1v) is 18.0. The zero-order valence-electron chi connectivity index (χ0n) is 29.0. The highest BCUT2D eigenvalue weighted by atomic mass is 15.0. The number of nitrogens with zero attached hydrogens (tertiary/aromatic N) is 7. The Bertz CT molecular complexity index is 2990. The fraction of sp³-hybridized carbons (Fsp3) is 0.0426. The molecule has 7 heteroatoms. The Labute approximate surface area is 310 Å². The lowest BCUT2D eigenvalue weighted by atomic mass is 9.83. The summed E-state index contributed by atoms with van der Waals surface area (Å²) in [5.41, 5.74) is 13.3. The average Bonchev–Trinajstić information content (AvgIpc) is 3.25. The molecule has 0 saturated carbocycles. The highest BCUT2D eigenvalue weighted by Gasteiger charge is 2.24. The molecule has 1 aliphatic carbocycles. The first-order chi connectivity index (χ1) is 26.7. The molecule has 0 fully saturated rings. The van der Waals surface area contributed by atoms with E-state index in [1.807, 2.05) is 97.6 Å². The minimum Gasteiger partial charge on any atom is -0.288 e. The lowest BCUT2D eigenvalue weighted by Crippen LogP contribution is -2.09. The number of benzene rings is 5. The first kappa shape index (κ1) is 30.4. The smallest absolute Gasteiger partial charge is 0.164 e. The molecule has 7 nitrogen and oxygen atoms in total. The Kier molecular flexibility index (Phi) is 6.85. The van der Waals surface area contributed by atoms with Crippen LogP contribution in [0.25, 0.3) is 94.7 Å². The van der Waals surface area contributed by atoms with Crippen molar-refractivity contribution in [3.63, 3.8) is 0 Å². The van der Waals surface area contributed by atoms with E-state index in [1.165, 1.54) is 22.1 Å². The summed E-state index contributed by atoms with van der Waals surface area (Å²) in [4.78, 5) is 34.7. The van der Waals surface area contributed by atoms with Crippen molar-refractivity contribution in [2.45, 2.75) is 6.42 Å². The van der Waals surface area contributed by atoms with Gasteiger partial charge in [-0.05, 0) is 76.0 Å². The lowest BCUT2D eigenvalue weighted by Gasteiger charge is -2.23. The Morgan fingerprint density at radius 3 is 1.98 bits per heavy atom. The predicted octanol–water partition coefficient (Wildman–Crippen LogP) is 10.2. The van der Waals surface area contributed by atoms with Crippen LogP contribution in [-0.2, 0) is 6.42 Å². The van der Waals surface area contributed by atoms with Gasteiger partial charge in [-0.15, -0.1) is 0 Å². The Balaban J connectivity index is 1.21. The molecule has 1 aliphatic heterocycles. The van der Waals surface area contributed by atoms with Crippen LogP contribution in [0.15, 0.2) is 151 Å². The molecule has 5 aromatic carbocycles. The van der Waals surface area contributed by atoms with E-state index in [4.69, 9.17) is 29.9 Å². The van der Waals surface area contributed by atoms with Crippen molar-refractivity contribution in [2.24, 2.45) is 4.99 Å². The molecule has 0 unspecified atom stereocenters. The molecule has 54 heavy (non-hydrogen) atoms. The number of hydrogen-bond donors (Lipinski definition) is 0. The number of hydrogen-bond acceptors (Lipinski definition) is 7. The highest BCUT2D eigenvalue weighted by Crippen LogP contribution is 2.42. The molecule has 0 atom stereocenters. The summed E-state index contributed by atoms with van der Waals surface area (Å²) in [6.45, 7) is 0.702. The van der Waals surface area contributed by atoms with E-state index < -0.39 is 0 Å². The van der Waals surface area contributed by atoms with Gasteiger partial charge in [0.15, 0.2) is 17.5 Å². The number of aromatic nitrogens is 6. The summed E-state index contributed by atoms with van der Waals surface area (Å²) >= 11 is 0. The second-order valence-corrected chi connectivity index (χ2v) is 13.7. The van der Waals surface area contributed by atoms with E-state index >= 15 is 0 Å². The molecule has 9 aromatic rings. The third kappa shape index (κ3) is 4.93. The lowest BCUT2D eigenvalue weighted by molar-refractivity contribution is 1.07. The second-order valence-electron chi connectivity index (χ2n) is 13.7. The topological polar surface area (TPSA) is 89.7 Å². The van der Waals surface area contributed by atoms with Crippen LogP contribution in [0.2, 0.25) is 0 Å². The maximum Gasteiger partial charge on any atom is 0.164 e. The van der Waals surface area contributed by atoms with E-state index in [1.54, 1.807) is 0 Å². The molecule has 0 bridgehead atoms. The van der Waals surface area contributed by atoms with Crippen molar-refractivity contribution < 1.29 is 0 Å². The van der Waals surface area contributed by atoms with Crippen LogP contribution >= 0.6 is 0 Å². The predicted molar refractivity (Wildman–Crippen MR) is 217 cm³/mol. The maximum absolute atomic E-state index is 5.20. The van der Waals surface area contributed by atoms with Crippen LogP contribution in [0.5, 0.6) is 0 Å². The summed E-state index contributed by atoms with van der Waals surface area (Å²) in [5.74, 6) is 1.80. The summed E-state index contributed by atoms with van der Waals surface area (Å²) in [6.07, 6.45) is 10.9. The van der Waals surface area contributed by atoms with Crippen molar-refractivity contribution >= 4 is 44.4 Å². The number of fused-ring (bicyclic) bond motifs is 3. The van der Waals surface area contributed by atoms with Crippen LogP contribution in [0.4, 0.5) is 0 Å². The standard InChI is InChI=1S/C47H29N7/c1-3-9-28(10-4-1)45-52-46(29-11-5-2-6-12-29)54-47(53-45)36-22-34(39-24-30-13-7-19-49-43(30)44-37(39)14-8-20-50-44)21-35(23-36)42-38-18-17-32-26-48-25-31-15-16-33(27-51-42)41(38)40(31)32/h1-15,17-24,26-27H,16,25H2. The van der Waals surface area contributed by atoms with Crippen molar-refractivity contribution in [3.8, 4) is 56.5 Å². The Hall–Kier alpha value is -7.25. The molecule has 252 valence electrons. The molecule has 4 aromatic heterocycles. The minimum absolute atomic E-state index is 0.580. The molecule has 0 saturated heterocycles. The van der Waals surface area contributed by atoms with Gasteiger partial charge in [0.1, 0.15) is 0 Å². The van der Waals surface area contributed by atoms with Gasteiger partial charge in [0.25, 0.3) is 0 Å². The van der Waals surface area contributed by atoms with Crippen LogP contribution < -0.4 is 0 Å². The highest BCUT2D eigenvalue weighted by molar-refractivity contribution is 6.12. The second kappa shape index (κ2) is 12.2. The fourth-order valence-electron chi connectivity index (χ4n) is 7.99. The summed E-state index contributed by atoms with van der Waals surface area (Å²) < 4.78 is 0. The van der Waals surface area contributed by atoms with Crippen LogP contribution in [0, 0.1) is 0 Å². The van der Waals surface area contributed by atoms with Crippen molar-refractivity contribution in [1.82, 2.24) is 29.9 Å². The van der Waals surface area contributed by atoms with E-state index in [0.29, 0.717) is 24.0 Å². The number of allylic oxidation sites excluding steroid dienone is 1. The molecule has 11 rings (SSSR count). The zero-order chi connectivity index (χ0) is 35.6. The Morgan fingerprint density at radius 2 is 1.20 bits per heavy atom. The quantitative estimate of drug-likeness (QED) is 0.167. The van der Waals surface area contributed by atoms with Gasteiger partial charge < -0.3 is 0 Å².